The Labute approximate surface area is 296 Å². The lowest BCUT2D eigenvalue weighted by Crippen LogP contribution is -2.09. The molecule has 12 rings (SSSR count). The zero-order chi connectivity index (χ0) is 33.2. The molecule has 51 heavy (non-hydrogen) atoms. The number of hydrogen-bond donors (Lipinski definition) is 0. The normalized spacial score (nSPS) is 16.0. The van der Waals surface area contributed by atoms with Crippen molar-refractivity contribution in [2.45, 2.75) is 12.8 Å². The van der Waals surface area contributed by atoms with Crippen LogP contribution in [0.5, 0.6) is 0 Å². The van der Waals surface area contributed by atoms with Crippen LogP contribution < -0.4 is 0 Å². The lowest BCUT2D eigenvalue weighted by atomic mass is 9.99. The Morgan fingerprint density at radius 1 is 0.529 bits per heavy atom. The molecule has 0 saturated heterocycles. The smallest absolute Gasteiger partial charge is 0.134 e. The second-order valence-electron chi connectivity index (χ2n) is 13.8. The van der Waals surface area contributed by atoms with Gasteiger partial charge in [0, 0.05) is 42.6 Å². The second kappa shape index (κ2) is 10.2. The first-order valence-electron chi connectivity index (χ1n) is 17.7. The van der Waals surface area contributed by atoms with E-state index < -0.39 is 0 Å². The molecule has 0 radical (unpaired) electrons. The summed E-state index contributed by atoms with van der Waals surface area (Å²) < 4.78 is 6.30. The van der Waals surface area contributed by atoms with E-state index in [1.807, 2.05) is 11.3 Å². The molecule has 1 aliphatic rings. The summed E-state index contributed by atoms with van der Waals surface area (Å²) in [6, 6.07) is 53.4. The van der Waals surface area contributed by atoms with Gasteiger partial charge >= 0.3 is 0 Å². The maximum Gasteiger partial charge on any atom is 0.134 e. The van der Waals surface area contributed by atoms with Crippen molar-refractivity contribution in [3.05, 3.63) is 168 Å². The van der Waals surface area contributed by atoms with Crippen LogP contribution in [0.15, 0.2) is 157 Å². The average Bonchev–Trinajstić information content (AvgIpc) is 3.90. The van der Waals surface area contributed by atoms with Crippen molar-refractivity contribution in [3.8, 4) is 0 Å². The molecule has 0 fully saturated rings. The van der Waals surface area contributed by atoms with Gasteiger partial charge in [0.05, 0.1) is 38.2 Å². The Kier molecular flexibility index (Phi) is 5.49. The number of allylic oxidation sites excluding steroid dienone is 1. The van der Waals surface area contributed by atoms with E-state index in [1.165, 1.54) is 91.2 Å². The molecule has 238 valence electrons. The highest BCUT2D eigenvalue weighted by Crippen LogP contribution is 2.47. The number of rotatable bonds is 2. The summed E-state index contributed by atoms with van der Waals surface area (Å²) in [5.41, 5.74) is 9.77. The Morgan fingerprint density at radius 2 is 1.22 bits per heavy atom. The highest BCUT2D eigenvalue weighted by atomic mass is 32.1. The molecular weight excluding hydrogens is 639 g/mol. The topological polar surface area (TPSA) is 21.7 Å². The molecule has 0 unspecified atom stereocenters. The SMILES string of the molecule is C1=C(n2c3ccccc3c3cc4c5cc6ccccc6cc5n5c6ccccc6c(c32)c45)\N=C(\c2ccccc2)c2sc3ccccc3c2CC/1. The van der Waals surface area contributed by atoms with Crippen molar-refractivity contribution in [2.24, 2.45) is 4.99 Å². The van der Waals surface area contributed by atoms with E-state index in [0.717, 1.165) is 29.9 Å². The Morgan fingerprint density at radius 3 is 2.08 bits per heavy atom. The predicted octanol–water partition coefficient (Wildman–Crippen LogP) is 12.6. The Balaban J connectivity index is 1.25. The van der Waals surface area contributed by atoms with Gasteiger partial charge in [-0.1, -0.05) is 109 Å². The fourth-order valence-corrected chi connectivity index (χ4v) is 10.2. The van der Waals surface area contributed by atoms with Crippen LogP contribution in [0.4, 0.5) is 0 Å². The fourth-order valence-electron chi connectivity index (χ4n) is 8.96. The molecule has 7 aromatic carbocycles. The van der Waals surface area contributed by atoms with E-state index in [2.05, 4.69) is 161 Å². The van der Waals surface area contributed by atoms with Crippen molar-refractivity contribution < 1.29 is 0 Å². The number of nitrogens with zero attached hydrogens (tertiary/aromatic N) is 3. The third kappa shape index (κ3) is 3.69. The summed E-state index contributed by atoms with van der Waals surface area (Å²) >= 11 is 1.87. The van der Waals surface area contributed by atoms with Gasteiger partial charge < -0.3 is 4.40 Å². The van der Waals surface area contributed by atoms with E-state index in [1.54, 1.807) is 0 Å². The average molecular weight is 668 g/mol. The minimum atomic E-state index is 0.906. The molecule has 0 bridgehead atoms. The minimum Gasteiger partial charge on any atom is -0.308 e. The minimum absolute atomic E-state index is 0.906. The molecule has 0 N–H and O–H groups in total. The first-order valence-corrected chi connectivity index (χ1v) is 18.5. The van der Waals surface area contributed by atoms with Crippen molar-refractivity contribution in [1.82, 2.24) is 8.97 Å². The Hall–Kier alpha value is -6.23. The number of aromatic nitrogens is 2. The summed E-state index contributed by atoms with van der Waals surface area (Å²) in [6.45, 7) is 0. The predicted molar refractivity (Wildman–Crippen MR) is 218 cm³/mol. The first-order chi connectivity index (χ1) is 25.3. The van der Waals surface area contributed by atoms with Crippen molar-refractivity contribution >= 4 is 104 Å². The van der Waals surface area contributed by atoms with Gasteiger partial charge in [0.1, 0.15) is 5.82 Å². The number of para-hydroxylation sites is 2. The summed E-state index contributed by atoms with van der Waals surface area (Å²) in [4.78, 5) is 7.01. The number of benzene rings is 7. The zero-order valence-electron chi connectivity index (χ0n) is 27.6. The van der Waals surface area contributed by atoms with Gasteiger partial charge in [-0.15, -0.1) is 11.3 Å². The summed E-state index contributed by atoms with van der Waals surface area (Å²) in [5, 5.41) is 11.5. The van der Waals surface area contributed by atoms with Gasteiger partial charge in [-0.3, -0.25) is 4.57 Å². The monoisotopic (exact) mass is 667 g/mol. The van der Waals surface area contributed by atoms with Gasteiger partial charge in [0.2, 0.25) is 0 Å². The second-order valence-corrected chi connectivity index (χ2v) is 14.9. The first kappa shape index (κ1) is 27.6. The van der Waals surface area contributed by atoms with E-state index >= 15 is 0 Å². The molecule has 0 amide bonds. The van der Waals surface area contributed by atoms with Crippen LogP contribution in [-0.2, 0) is 6.42 Å². The summed E-state index contributed by atoms with van der Waals surface area (Å²) in [6.07, 6.45) is 4.25. The van der Waals surface area contributed by atoms with Crippen LogP contribution >= 0.6 is 11.3 Å². The number of aliphatic imine (C=N–C) groups is 1. The van der Waals surface area contributed by atoms with Crippen molar-refractivity contribution in [2.75, 3.05) is 0 Å². The van der Waals surface area contributed by atoms with Crippen molar-refractivity contribution in [1.29, 1.82) is 0 Å². The van der Waals surface area contributed by atoms with Gasteiger partial charge in [-0.2, -0.15) is 0 Å². The van der Waals surface area contributed by atoms with Crippen LogP contribution in [0, 0.1) is 0 Å². The molecule has 0 aliphatic carbocycles. The molecule has 11 aromatic rings. The number of thiophene rings is 1. The van der Waals surface area contributed by atoms with E-state index in [-0.39, 0.29) is 0 Å². The quantitative estimate of drug-likeness (QED) is 0.175. The van der Waals surface area contributed by atoms with Crippen LogP contribution in [-0.4, -0.2) is 14.7 Å². The molecule has 0 saturated carbocycles. The van der Waals surface area contributed by atoms with Gasteiger partial charge in [0.15, 0.2) is 0 Å². The molecule has 5 heterocycles. The molecule has 3 nitrogen and oxygen atoms in total. The molecule has 1 aliphatic heterocycles. The third-order valence-electron chi connectivity index (χ3n) is 11.1. The van der Waals surface area contributed by atoms with Crippen LogP contribution in [0.3, 0.4) is 0 Å². The number of aryl methyl sites for hydroxylation is 1. The van der Waals surface area contributed by atoms with Crippen LogP contribution in [0.2, 0.25) is 0 Å². The van der Waals surface area contributed by atoms with E-state index in [9.17, 15) is 0 Å². The van der Waals surface area contributed by atoms with E-state index in [4.69, 9.17) is 4.99 Å². The maximum absolute atomic E-state index is 5.74. The fraction of sp³-hybridized carbons (Fsp3) is 0.0426. The maximum atomic E-state index is 5.74. The largest absolute Gasteiger partial charge is 0.308 e. The molecule has 0 atom stereocenters. The summed E-state index contributed by atoms with van der Waals surface area (Å²) in [5.74, 6) is 0.983. The highest BCUT2D eigenvalue weighted by molar-refractivity contribution is 7.21. The molecular formula is C47H29N3S. The summed E-state index contributed by atoms with van der Waals surface area (Å²) in [7, 11) is 0. The van der Waals surface area contributed by atoms with Gasteiger partial charge in [0.25, 0.3) is 0 Å². The number of fused-ring (bicyclic) bond motifs is 14. The lowest BCUT2D eigenvalue weighted by molar-refractivity contribution is 0.994. The van der Waals surface area contributed by atoms with Crippen molar-refractivity contribution in [3.63, 3.8) is 0 Å². The Bertz CT molecular complexity index is 3300. The number of hydrogen-bond acceptors (Lipinski definition) is 2. The lowest BCUT2D eigenvalue weighted by Gasteiger charge is -2.16. The third-order valence-corrected chi connectivity index (χ3v) is 12.3. The highest BCUT2D eigenvalue weighted by Gasteiger charge is 2.26. The van der Waals surface area contributed by atoms with E-state index in [0.29, 0.717) is 0 Å². The molecule has 0 spiro atoms. The molecule has 4 aromatic heterocycles. The zero-order valence-corrected chi connectivity index (χ0v) is 28.4. The van der Waals surface area contributed by atoms with Gasteiger partial charge in [-0.25, -0.2) is 4.99 Å². The van der Waals surface area contributed by atoms with Crippen LogP contribution in [0.25, 0.3) is 86.6 Å². The van der Waals surface area contributed by atoms with Crippen LogP contribution in [0.1, 0.15) is 22.4 Å². The molecule has 4 heteroatoms. The van der Waals surface area contributed by atoms with Gasteiger partial charge in [-0.05, 0) is 77.0 Å². The standard InChI is InChI=1S/C47H29N3S/c1-2-13-28(14-3-1)44-47-33(32-18-8-11-23-41(32)51-47)20-12-24-42(48-44)50-38-21-9-6-17-31(38)36-27-37-35-25-29-15-4-5-16-30(29)26-40(35)49-39-22-10-7-19-34(39)43(45(37)49)46(36)50/h1-11,13-19,21-27H,12,20H2/b42-24+,48-44-.